The fraction of sp³-hybridized carbons (Fsp3) is 0.348. The van der Waals surface area contributed by atoms with E-state index < -0.39 is 0 Å². The molecule has 2 aromatic carbocycles. The van der Waals surface area contributed by atoms with Crippen LogP contribution < -0.4 is 14.2 Å². The molecule has 1 aliphatic heterocycles. The van der Waals surface area contributed by atoms with E-state index in [9.17, 15) is 9.90 Å². The van der Waals surface area contributed by atoms with Gasteiger partial charge in [-0.05, 0) is 56.4 Å². The Balaban J connectivity index is 1.95. The number of aromatic hydroxyl groups is 1. The quantitative estimate of drug-likeness (QED) is 0.672. The monoisotopic (exact) mass is 397 g/mol. The molecule has 0 fully saturated rings. The predicted molar refractivity (Wildman–Crippen MR) is 112 cm³/mol. The van der Waals surface area contributed by atoms with Crippen LogP contribution in [0.2, 0.25) is 0 Å². The average Bonchev–Trinajstić information content (AvgIpc) is 3.04. The number of carbonyl (C=O) groups excluding carboxylic acids is 1. The molecular formula is C23H27NO5. The molecule has 0 unspecified atom stereocenters. The van der Waals surface area contributed by atoms with E-state index in [-0.39, 0.29) is 17.3 Å². The van der Waals surface area contributed by atoms with Crippen LogP contribution in [-0.4, -0.2) is 43.6 Å². The van der Waals surface area contributed by atoms with Gasteiger partial charge in [0.25, 0.3) is 0 Å². The summed E-state index contributed by atoms with van der Waals surface area (Å²) in [4.78, 5) is 15.0. The third-order valence-electron chi connectivity index (χ3n) is 4.96. The van der Waals surface area contributed by atoms with Crippen LogP contribution in [0.15, 0.2) is 36.1 Å². The molecule has 1 N–H and O–H groups in total. The SMILES string of the molecule is CCCCN(C)Cc1c(O)ccc2c1O/C(=C\c1cc(OC)ccc1OC)C2=O. The second-order valence-electron chi connectivity index (χ2n) is 7.08. The molecule has 0 saturated heterocycles. The van der Waals surface area contributed by atoms with Crippen molar-refractivity contribution < 1.29 is 24.1 Å². The Kier molecular flexibility index (Phi) is 6.44. The van der Waals surface area contributed by atoms with Gasteiger partial charge in [0.1, 0.15) is 23.0 Å². The van der Waals surface area contributed by atoms with Crippen LogP contribution >= 0.6 is 0 Å². The van der Waals surface area contributed by atoms with E-state index in [2.05, 4.69) is 11.8 Å². The van der Waals surface area contributed by atoms with Gasteiger partial charge in [-0.15, -0.1) is 0 Å². The number of unbranched alkanes of at least 4 members (excludes halogenated alkanes) is 1. The molecule has 6 nitrogen and oxygen atoms in total. The zero-order valence-electron chi connectivity index (χ0n) is 17.3. The van der Waals surface area contributed by atoms with Crippen LogP contribution in [0.1, 0.15) is 41.3 Å². The van der Waals surface area contributed by atoms with E-state index in [1.54, 1.807) is 50.6 Å². The van der Waals surface area contributed by atoms with Crippen LogP contribution in [0, 0.1) is 0 Å². The van der Waals surface area contributed by atoms with Crippen molar-refractivity contribution in [3.63, 3.8) is 0 Å². The van der Waals surface area contributed by atoms with Crippen molar-refractivity contribution in [3.05, 3.63) is 52.8 Å². The zero-order chi connectivity index (χ0) is 21.0. The topological polar surface area (TPSA) is 68.2 Å². The lowest BCUT2D eigenvalue weighted by Crippen LogP contribution is -2.19. The highest BCUT2D eigenvalue weighted by Crippen LogP contribution is 2.40. The first-order chi connectivity index (χ1) is 14.0. The first-order valence-corrected chi connectivity index (χ1v) is 9.68. The standard InChI is InChI=1S/C23H27NO5/c1-5-6-11-24(2)14-18-19(25)9-8-17-22(26)21(29-23(17)18)13-15-12-16(27-3)7-10-20(15)28-4/h7-10,12-13,25H,5-6,11,14H2,1-4H3/b21-13-. The van der Waals surface area contributed by atoms with Crippen molar-refractivity contribution in [1.82, 2.24) is 4.90 Å². The maximum atomic E-state index is 12.9. The molecule has 2 aromatic rings. The molecule has 0 aromatic heterocycles. The Morgan fingerprint density at radius 3 is 2.66 bits per heavy atom. The number of benzene rings is 2. The summed E-state index contributed by atoms with van der Waals surface area (Å²) in [5.41, 5.74) is 1.75. The number of hydrogen-bond acceptors (Lipinski definition) is 6. The molecule has 6 heteroatoms. The van der Waals surface area contributed by atoms with E-state index in [0.717, 1.165) is 19.4 Å². The molecule has 0 atom stereocenters. The van der Waals surface area contributed by atoms with E-state index in [4.69, 9.17) is 14.2 Å². The highest BCUT2D eigenvalue weighted by atomic mass is 16.5. The summed E-state index contributed by atoms with van der Waals surface area (Å²) < 4.78 is 16.6. The molecule has 0 saturated carbocycles. The minimum atomic E-state index is -0.220. The van der Waals surface area contributed by atoms with Crippen molar-refractivity contribution >= 4 is 11.9 Å². The number of nitrogens with zero attached hydrogens (tertiary/aromatic N) is 1. The third kappa shape index (κ3) is 4.38. The van der Waals surface area contributed by atoms with Gasteiger partial charge in [-0.1, -0.05) is 13.3 Å². The van der Waals surface area contributed by atoms with Crippen LogP contribution in [0.25, 0.3) is 6.08 Å². The smallest absolute Gasteiger partial charge is 0.231 e. The van der Waals surface area contributed by atoms with Crippen LogP contribution in [0.3, 0.4) is 0 Å². The number of Topliss-reactive ketones (excluding diaryl/α,β-unsaturated/α-hetero) is 1. The van der Waals surface area contributed by atoms with Gasteiger partial charge in [0, 0.05) is 12.1 Å². The second kappa shape index (κ2) is 9.01. The van der Waals surface area contributed by atoms with Gasteiger partial charge in [-0.2, -0.15) is 0 Å². The Morgan fingerprint density at radius 1 is 1.17 bits per heavy atom. The zero-order valence-corrected chi connectivity index (χ0v) is 17.3. The van der Waals surface area contributed by atoms with Gasteiger partial charge in [0.2, 0.25) is 5.78 Å². The van der Waals surface area contributed by atoms with E-state index in [1.807, 2.05) is 7.05 Å². The number of rotatable bonds is 8. The number of fused-ring (bicyclic) bond motifs is 1. The molecule has 0 bridgehead atoms. The first kappa shape index (κ1) is 20.7. The molecule has 1 heterocycles. The lowest BCUT2D eigenvalue weighted by molar-refractivity contribution is 0.101. The van der Waals surface area contributed by atoms with Crippen LogP contribution in [-0.2, 0) is 6.54 Å². The molecule has 0 amide bonds. The normalized spacial score (nSPS) is 14.2. The summed E-state index contributed by atoms with van der Waals surface area (Å²) in [7, 11) is 5.14. The predicted octanol–water partition coefficient (Wildman–Crippen LogP) is 4.26. The van der Waals surface area contributed by atoms with Crippen molar-refractivity contribution in [2.75, 3.05) is 27.8 Å². The minimum Gasteiger partial charge on any atom is -0.507 e. The lowest BCUT2D eigenvalue weighted by Gasteiger charge is -2.18. The summed E-state index contributed by atoms with van der Waals surface area (Å²) in [5.74, 6) is 1.77. The lowest BCUT2D eigenvalue weighted by atomic mass is 10.0. The number of ether oxygens (including phenoxy) is 3. The molecular weight excluding hydrogens is 370 g/mol. The maximum absolute atomic E-state index is 12.9. The van der Waals surface area contributed by atoms with E-state index in [1.165, 1.54) is 0 Å². The average molecular weight is 397 g/mol. The second-order valence-corrected chi connectivity index (χ2v) is 7.08. The first-order valence-electron chi connectivity index (χ1n) is 9.68. The minimum absolute atomic E-state index is 0.125. The summed E-state index contributed by atoms with van der Waals surface area (Å²) >= 11 is 0. The van der Waals surface area contributed by atoms with Crippen molar-refractivity contribution in [1.29, 1.82) is 0 Å². The summed E-state index contributed by atoms with van der Waals surface area (Å²) in [6.07, 6.45) is 3.80. The molecule has 0 aliphatic carbocycles. The van der Waals surface area contributed by atoms with Crippen molar-refractivity contribution in [3.8, 4) is 23.0 Å². The van der Waals surface area contributed by atoms with Gasteiger partial charge in [-0.3, -0.25) is 4.79 Å². The summed E-state index contributed by atoms with van der Waals surface area (Å²) in [5, 5.41) is 10.4. The van der Waals surface area contributed by atoms with Gasteiger partial charge in [-0.25, -0.2) is 0 Å². The highest BCUT2D eigenvalue weighted by Gasteiger charge is 2.31. The highest BCUT2D eigenvalue weighted by molar-refractivity contribution is 6.15. The number of allylic oxidation sites excluding steroid dienone is 1. The molecule has 0 radical (unpaired) electrons. The number of ketones is 1. The Labute approximate surface area is 171 Å². The Hall–Kier alpha value is -2.99. The van der Waals surface area contributed by atoms with Crippen molar-refractivity contribution in [2.24, 2.45) is 0 Å². The van der Waals surface area contributed by atoms with Gasteiger partial charge >= 0.3 is 0 Å². The third-order valence-corrected chi connectivity index (χ3v) is 4.96. The Bertz CT molecular complexity index is 935. The van der Waals surface area contributed by atoms with E-state index >= 15 is 0 Å². The number of hydrogen-bond donors (Lipinski definition) is 1. The Morgan fingerprint density at radius 2 is 1.97 bits per heavy atom. The van der Waals surface area contributed by atoms with Crippen molar-refractivity contribution in [2.45, 2.75) is 26.3 Å². The molecule has 29 heavy (non-hydrogen) atoms. The van der Waals surface area contributed by atoms with Crippen LogP contribution in [0.4, 0.5) is 0 Å². The molecule has 1 aliphatic rings. The van der Waals surface area contributed by atoms with Gasteiger partial charge in [0.05, 0.1) is 25.3 Å². The summed E-state index contributed by atoms with van der Waals surface area (Å²) in [6.45, 7) is 3.53. The molecule has 0 spiro atoms. The summed E-state index contributed by atoms with van der Waals surface area (Å²) in [6, 6.07) is 8.50. The molecule has 3 rings (SSSR count). The number of phenolic OH excluding ortho intramolecular Hbond substituents is 1. The fourth-order valence-electron chi connectivity index (χ4n) is 3.32. The number of carbonyl (C=O) groups is 1. The van der Waals surface area contributed by atoms with Gasteiger partial charge < -0.3 is 24.2 Å². The largest absolute Gasteiger partial charge is 0.507 e. The van der Waals surface area contributed by atoms with E-state index in [0.29, 0.717) is 40.5 Å². The number of methoxy groups -OCH3 is 2. The maximum Gasteiger partial charge on any atom is 0.231 e. The van der Waals surface area contributed by atoms with Gasteiger partial charge in [0.15, 0.2) is 5.76 Å². The van der Waals surface area contributed by atoms with Crippen LogP contribution in [0.5, 0.6) is 23.0 Å². The fourth-order valence-corrected chi connectivity index (χ4v) is 3.32. The molecule has 154 valence electrons. The number of phenols is 1.